The van der Waals surface area contributed by atoms with Crippen molar-refractivity contribution in [2.45, 2.75) is 56.4 Å². The zero-order valence-corrected chi connectivity index (χ0v) is 14.9. The van der Waals surface area contributed by atoms with Gasteiger partial charge in [-0.3, -0.25) is 0 Å². The summed E-state index contributed by atoms with van der Waals surface area (Å²) in [6, 6.07) is 6.25. The van der Waals surface area contributed by atoms with Gasteiger partial charge in [0.05, 0.1) is 17.1 Å². The average molecular weight is 351 g/mol. The maximum absolute atomic E-state index is 13.1. The van der Waals surface area contributed by atoms with Crippen molar-refractivity contribution in [2.75, 3.05) is 13.2 Å². The van der Waals surface area contributed by atoms with Gasteiger partial charge in [-0.15, -0.1) is 0 Å². The minimum absolute atomic E-state index is 0.141. The lowest BCUT2D eigenvalue weighted by Gasteiger charge is -2.43. The standard InChI is InChI=1S/C18H25NO4S/c1-2-23-18(20)15-9-11-16(12-10-15)24(21,22)19-13-5-7-14-6-3-4-8-17(14)19/h9-12,14,17H,2-8,13H2,1H3. The minimum Gasteiger partial charge on any atom is -0.462 e. The van der Waals surface area contributed by atoms with E-state index in [0.29, 0.717) is 24.6 Å². The van der Waals surface area contributed by atoms with E-state index in [2.05, 4.69) is 0 Å². The molecule has 1 aliphatic heterocycles. The van der Waals surface area contributed by atoms with Gasteiger partial charge in [-0.1, -0.05) is 12.8 Å². The summed E-state index contributed by atoms with van der Waals surface area (Å²) < 4.78 is 32.8. The molecule has 1 aliphatic carbocycles. The lowest BCUT2D eigenvalue weighted by Crippen LogP contribution is -2.49. The van der Waals surface area contributed by atoms with Crippen LogP contribution < -0.4 is 0 Å². The minimum atomic E-state index is -3.51. The maximum Gasteiger partial charge on any atom is 0.338 e. The van der Waals surface area contributed by atoms with Gasteiger partial charge in [0.1, 0.15) is 0 Å². The summed E-state index contributed by atoms with van der Waals surface area (Å²) in [5.74, 6) is 0.0767. The average Bonchev–Trinajstić information content (AvgIpc) is 2.61. The SMILES string of the molecule is CCOC(=O)c1ccc(S(=O)(=O)N2CCCC3CCCCC32)cc1. The van der Waals surface area contributed by atoms with Crippen molar-refractivity contribution in [1.29, 1.82) is 0 Å². The van der Waals surface area contributed by atoms with Crippen LogP contribution in [0.2, 0.25) is 0 Å². The van der Waals surface area contributed by atoms with E-state index >= 15 is 0 Å². The van der Waals surface area contributed by atoms with Crippen LogP contribution in [0.5, 0.6) is 0 Å². The number of carbonyl (C=O) groups excluding carboxylic acids is 1. The Morgan fingerprint density at radius 1 is 1.12 bits per heavy atom. The first kappa shape index (κ1) is 17.4. The van der Waals surface area contributed by atoms with Crippen LogP contribution in [0.1, 0.15) is 55.8 Å². The highest BCUT2D eigenvalue weighted by molar-refractivity contribution is 7.89. The van der Waals surface area contributed by atoms with Crippen LogP contribution in [0.4, 0.5) is 0 Å². The molecule has 2 atom stereocenters. The molecule has 2 unspecified atom stereocenters. The second-order valence-electron chi connectivity index (χ2n) is 6.61. The van der Waals surface area contributed by atoms with Gasteiger partial charge in [0, 0.05) is 12.6 Å². The van der Waals surface area contributed by atoms with Gasteiger partial charge in [-0.05, 0) is 62.8 Å². The summed E-state index contributed by atoms with van der Waals surface area (Å²) in [4.78, 5) is 12.0. The summed E-state index contributed by atoms with van der Waals surface area (Å²) in [5, 5.41) is 0. The number of ether oxygens (including phenoxy) is 1. The molecular weight excluding hydrogens is 326 g/mol. The van der Waals surface area contributed by atoms with Gasteiger partial charge in [0.25, 0.3) is 0 Å². The van der Waals surface area contributed by atoms with E-state index in [1.165, 1.54) is 30.7 Å². The molecule has 1 aromatic rings. The van der Waals surface area contributed by atoms with Crippen molar-refractivity contribution in [3.05, 3.63) is 29.8 Å². The smallest absolute Gasteiger partial charge is 0.338 e. The number of esters is 1. The van der Waals surface area contributed by atoms with Crippen LogP contribution >= 0.6 is 0 Å². The molecule has 5 nitrogen and oxygen atoms in total. The van der Waals surface area contributed by atoms with Crippen molar-refractivity contribution >= 4 is 16.0 Å². The van der Waals surface area contributed by atoms with Gasteiger partial charge in [-0.2, -0.15) is 4.31 Å². The van der Waals surface area contributed by atoms with E-state index in [-0.39, 0.29) is 10.9 Å². The lowest BCUT2D eigenvalue weighted by molar-refractivity contribution is 0.0526. The largest absolute Gasteiger partial charge is 0.462 e. The predicted octanol–water partition coefficient (Wildman–Crippen LogP) is 3.21. The van der Waals surface area contributed by atoms with E-state index in [9.17, 15) is 13.2 Å². The summed E-state index contributed by atoms with van der Waals surface area (Å²) in [6.07, 6.45) is 6.49. The van der Waals surface area contributed by atoms with Crippen molar-refractivity contribution in [3.63, 3.8) is 0 Å². The van der Waals surface area contributed by atoms with Gasteiger partial charge in [-0.25, -0.2) is 13.2 Å². The second kappa shape index (κ2) is 7.23. The number of carbonyl (C=O) groups is 1. The summed E-state index contributed by atoms with van der Waals surface area (Å²) in [6.45, 7) is 2.65. The third-order valence-corrected chi connectivity index (χ3v) is 7.10. The van der Waals surface area contributed by atoms with Crippen molar-refractivity contribution in [2.24, 2.45) is 5.92 Å². The number of sulfonamides is 1. The van der Waals surface area contributed by atoms with Crippen LogP contribution in [-0.2, 0) is 14.8 Å². The number of nitrogens with zero attached hydrogens (tertiary/aromatic N) is 1. The number of hydrogen-bond donors (Lipinski definition) is 0. The van der Waals surface area contributed by atoms with Gasteiger partial charge in [0.2, 0.25) is 10.0 Å². The van der Waals surface area contributed by atoms with Crippen molar-refractivity contribution < 1.29 is 17.9 Å². The van der Waals surface area contributed by atoms with E-state index < -0.39 is 16.0 Å². The molecule has 1 aromatic carbocycles. The Morgan fingerprint density at radius 2 is 1.79 bits per heavy atom. The number of piperidine rings is 1. The molecule has 0 spiro atoms. The topological polar surface area (TPSA) is 63.7 Å². The van der Waals surface area contributed by atoms with Gasteiger partial charge < -0.3 is 4.74 Å². The molecule has 1 saturated carbocycles. The Kier molecular flexibility index (Phi) is 5.25. The van der Waals surface area contributed by atoms with E-state index in [4.69, 9.17) is 4.74 Å². The van der Waals surface area contributed by atoms with E-state index in [1.807, 2.05) is 0 Å². The normalized spacial score (nSPS) is 25.0. The Labute approximate surface area is 144 Å². The number of hydrogen-bond acceptors (Lipinski definition) is 4. The third-order valence-electron chi connectivity index (χ3n) is 5.16. The highest BCUT2D eigenvalue weighted by Crippen LogP contribution is 2.38. The quantitative estimate of drug-likeness (QED) is 0.782. The fraction of sp³-hybridized carbons (Fsp3) is 0.611. The number of rotatable bonds is 4. The second-order valence-corrected chi connectivity index (χ2v) is 8.51. The molecule has 2 aliphatic rings. The van der Waals surface area contributed by atoms with Crippen LogP contribution in [0, 0.1) is 5.92 Å². The maximum atomic E-state index is 13.1. The summed E-state index contributed by atoms with van der Waals surface area (Å²) in [7, 11) is -3.51. The molecule has 3 rings (SSSR count). The monoisotopic (exact) mass is 351 g/mol. The molecule has 0 amide bonds. The number of benzene rings is 1. The first-order chi connectivity index (χ1) is 11.5. The summed E-state index contributed by atoms with van der Waals surface area (Å²) >= 11 is 0. The van der Waals surface area contributed by atoms with Crippen LogP contribution in [0.25, 0.3) is 0 Å². The van der Waals surface area contributed by atoms with Crippen LogP contribution in [-0.4, -0.2) is 37.9 Å². The van der Waals surface area contributed by atoms with Crippen molar-refractivity contribution in [3.8, 4) is 0 Å². The first-order valence-corrected chi connectivity index (χ1v) is 10.3. The predicted molar refractivity (Wildman–Crippen MR) is 91.3 cm³/mol. The van der Waals surface area contributed by atoms with Crippen LogP contribution in [0.15, 0.2) is 29.2 Å². The Bertz CT molecular complexity index is 681. The van der Waals surface area contributed by atoms with E-state index in [0.717, 1.165) is 32.1 Å². The molecule has 0 N–H and O–H groups in total. The Morgan fingerprint density at radius 3 is 2.50 bits per heavy atom. The zero-order valence-electron chi connectivity index (χ0n) is 14.1. The summed E-state index contributed by atoms with van der Waals surface area (Å²) in [5.41, 5.74) is 0.380. The Balaban J connectivity index is 1.83. The molecule has 1 saturated heterocycles. The van der Waals surface area contributed by atoms with Gasteiger partial charge >= 0.3 is 5.97 Å². The van der Waals surface area contributed by atoms with Crippen LogP contribution in [0.3, 0.4) is 0 Å². The highest BCUT2D eigenvalue weighted by atomic mass is 32.2. The molecule has 0 aromatic heterocycles. The molecule has 132 valence electrons. The molecule has 2 fully saturated rings. The molecule has 24 heavy (non-hydrogen) atoms. The molecule has 1 heterocycles. The lowest BCUT2D eigenvalue weighted by atomic mass is 9.79. The number of fused-ring (bicyclic) bond motifs is 1. The molecular formula is C18H25NO4S. The van der Waals surface area contributed by atoms with Crippen molar-refractivity contribution in [1.82, 2.24) is 4.31 Å². The fourth-order valence-electron chi connectivity index (χ4n) is 3.99. The van der Waals surface area contributed by atoms with Gasteiger partial charge in [0.15, 0.2) is 0 Å². The molecule has 0 radical (unpaired) electrons. The third kappa shape index (κ3) is 3.35. The fourth-order valence-corrected chi connectivity index (χ4v) is 5.74. The Hall–Kier alpha value is -1.40. The van der Waals surface area contributed by atoms with E-state index in [1.54, 1.807) is 11.2 Å². The highest BCUT2D eigenvalue weighted by Gasteiger charge is 2.39. The first-order valence-electron chi connectivity index (χ1n) is 8.83. The molecule has 6 heteroatoms. The molecule has 0 bridgehead atoms. The zero-order chi connectivity index (χ0) is 17.2.